The topological polar surface area (TPSA) is 67.0 Å². The second-order valence-corrected chi connectivity index (χ2v) is 6.48. The molecule has 27 heavy (non-hydrogen) atoms. The van der Waals surface area contributed by atoms with Crippen molar-refractivity contribution in [2.75, 3.05) is 13.2 Å². The number of hydrogen-bond donors (Lipinski definition) is 2. The lowest BCUT2D eigenvalue weighted by atomic mass is 10.0. The van der Waals surface area contributed by atoms with E-state index in [0.29, 0.717) is 24.5 Å². The third kappa shape index (κ3) is 2.73. The van der Waals surface area contributed by atoms with Crippen LogP contribution in [0.15, 0.2) is 66.9 Å². The smallest absolute Gasteiger partial charge is 0.255 e. The Balaban J connectivity index is 1.58. The van der Waals surface area contributed by atoms with E-state index in [1.54, 1.807) is 0 Å². The highest BCUT2D eigenvalue weighted by Crippen LogP contribution is 2.33. The van der Waals surface area contributed by atoms with Crippen molar-refractivity contribution < 1.29 is 9.53 Å². The SMILES string of the molecule is O=C1NCCOc2cc(-c3c[nH]c4nc(-c5ccccc5)ccc34)ccc21. The minimum atomic E-state index is -0.0952. The zero-order valence-corrected chi connectivity index (χ0v) is 14.5. The fraction of sp³-hybridized carbons (Fsp3) is 0.0909. The highest BCUT2D eigenvalue weighted by atomic mass is 16.5. The molecule has 4 aromatic rings. The number of carbonyl (C=O) groups excluding carboxylic acids is 1. The Morgan fingerprint density at radius 2 is 1.81 bits per heavy atom. The molecule has 0 bridgehead atoms. The number of rotatable bonds is 2. The van der Waals surface area contributed by atoms with E-state index in [1.807, 2.05) is 60.8 Å². The average molecular weight is 355 g/mol. The molecule has 3 heterocycles. The van der Waals surface area contributed by atoms with Crippen LogP contribution in [0.25, 0.3) is 33.4 Å². The first-order valence-electron chi connectivity index (χ1n) is 8.88. The lowest BCUT2D eigenvalue weighted by molar-refractivity contribution is 0.0957. The van der Waals surface area contributed by atoms with Crippen LogP contribution in [-0.2, 0) is 0 Å². The van der Waals surface area contributed by atoms with Crippen molar-refractivity contribution in [2.24, 2.45) is 0 Å². The number of ether oxygens (including phenoxy) is 1. The van der Waals surface area contributed by atoms with Crippen LogP contribution in [0.2, 0.25) is 0 Å². The molecule has 0 unspecified atom stereocenters. The molecule has 1 aliphatic heterocycles. The number of pyridine rings is 1. The average Bonchev–Trinajstić information content (AvgIpc) is 3.05. The van der Waals surface area contributed by atoms with E-state index >= 15 is 0 Å². The molecule has 5 rings (SSSR count). The standard InChI is InChI=1S/C22H17N3O2/c26-22-17-7-6-15(12-20(17)27-11-10-23-22)18-13-24-21-16(18)8-9-19(25-21)14-4-2-1-3-5-14/h1-9,12-13H,10-11H2,(H,23,26)(H,24,25). The summed E-state index contributed by atoms with van der Waals surface area (Å²) < 4.78 is 5.74. The van der Waals surface area contributed by atoms with Gasteiger partial charge in [0.15, 0.2) is 0 Å². The molecule has 1 aliphatic rings. The van der Waals surface area contributed by atoms with Gasteiger partial charge >= 0.3 is 0 Å². The molecule has 5 nitrogen and oxygen atoms in total. The number of aromatic nitrogens is 2. The van der Waals surface area contributed by atoms with E-state index in [-0.39, 0.29) is 5.91 Å². The van der Waals surface area contributed by atoms with Crippen LogP contribution < -0.4 is 10.1 Å². The van der Waals surface area contributed by atoms with Gasteiger partial charge in [0.05, 0.1) is 17.8 Å². The fourth-order valence-electron chi connectivity index (χ4n) is 3.43. The minimum Gasteiger partial charge on any atom is -0.491 e. The Hall–Kier alpha value is -3.60. The summed E-state index contributed by atoms with van der Waals surface area (Å²) >= 11 is 0. The van der Waals surface area contributed by atoms with Crippen LogP contribution in [0.5, 0.6) is 5.75 Å². The van der Waals surface area contributed by atoms with Crippen molar-refractivity contribution in [1.29, 1.82) is 0 Å². The van der Waals surface area contributed by atoms with E-state index in [9.17, 15) is 4.79 Å². The monoisotopic (exact) mass is 355 g/mol. The van der Waals surface area contributed by atoms with E-state index < -0.39 is 0 Å². The molecule has 0 radical (unpaired) electrons. The van der Waals surface area contributed by atoms with Gasteiger partial charge in [-0.1, -0.05) is 36.4 Å². The highest BCUT2D eigenvalue weighted by molar-refractivity contribution is 5.99. The molecule has 0 aliphatic carbocycles. The van der Waals surface area contributed by atoms with E-state index in [0.717, 1.165) is 33.4 Å². The van der Waals surface area contributed by atoms with Gasteiger partial charge in [0.2, 0.25) is 0 Å². The summed E-state index contributed by atoms with van der Waals surface area (Å²) in [6.07, 6.45) is 1.95. The Labute approximate surface area is 156 Å². The zero-order chi connectivity index (χ0) is 18.2. The normalized spacial score (nSPS) is 13.6. The molecular formula is C22H17N3O2. The summed E-state index contributed by atoms with van der Waals surface area (Å²) in [6.45, 7) is 0.986. The molecule has 2 N–H and O–H groups in total. The molecular weight excluding hydrogens is 338 g/mol. The van der Waals surface area contributed by atoms with Crippen LogP contribution in [0.3, 0.4) is 0 Å². The number of aromatic amines is 1. The Kier molecular flexibility index (Phi) is 3.64. The Bertz CT molecular complexity index is 1150. The maximum absolute atomic E-state index is 12.1. The lowest BCUT2D eigenvalue weighted by Gasteiger charge is -2.08. The van der Waals surface area contributed by atoms with Gasteiger partial charge in [-0.05, 0) is 29.8 Å². The van der Waals surface area contributed by atoms with Crippen molar-refractivity contribution in [1.82, 2.24) is 15.3 Å². The highest BCUT2D eigenvalue weighted by Gasteiger charge is 2.18. The van der Waals surface area contributed by atoms with Crippen molar-refractivity contribution in [3.05, 3.63) is 72.4 Å². The molecule has 2 aromatic carbocycles. The van der Waals surface area contributed by atoms with E-state index in [1.165, 1.54) is 0 Å². The molecule has 0 saturated carbocycles. The molecule has 2 aromatic heterocycles. The van der Waals surface area contributed by atoms with Gasteiger partial charge < -0.3 is 15.0 Å². The molecule has 1 amide bonds. The summed E-state index contributed by atoms with van der Waals surface area (Å²) in [7, 11) is 0. The van der Waals surface area contributed by atoms with Crippen molar-refractivity contribution in [2.45, 2.75) is 0 Å². The van der Waals surface area contributed by atoms with Gasteiger partial charge in [-0.15, -0.1) is 0 Å². The summed E-state index contributed by atoms with van der Waals surface area (Å²) in [5, 5.41) is 3.86. The van der Waals surface area contributed by atoms with Gasteiger partial charge in [-0.3, -0.25) is 4.79 Å². The number of nitrogens with zero attached hydrogens (tertiary/aromatic N) is 1. The van der Waals surface area contributed by atoms with Crippen LogP contribution in [0, 0.1) is 0 Å². The van der Waals surface area contributed by atoms with Crippen molar-refractivity contribution in [3.63, 3.8) is 0 Å². The van der Waals surface area contributed by atoms with Crippen molar-refractivity contribution in [3.8, 4) is 28.1 Å². The number of hydrogen-bond acceptors (Lipinski definition) is 3. The van der Waals surface area contributed by atoms with Gasteiger partial charge in [0.25, 0.3) is 5.91 Å². The maximum atomic E-state index is 12.1. The Morgan fingerprint density at radius 1 is 0.926 bits per heavy atom. The van der Waals surface area contributed by atoms with Gasteiger partial charge in [0, 0.05) is 22.7 Å². The molecule has 0 fully saturated rings. The molecule has 0 spiro atoms. The summed E-state index contributed by atoms with van der Waals surface area (Å²) in [5.74, 6) is 0.521. The molecule has 132 valence electrons. The first kappa shape index (κ1) is 15.6. The number of nitrogens with one attached hydrogen (secondary N) is 2. The predicted octanol–water partition coefficient (Wildman–Crippen LogP) is 4.02. The quantitative estimate of drug-likeness (QED) is 0.571. The van der Waals surface area contributed by atoms with Crippen LogP contribution in [-0.4, -0.2) is 29.0 Å². The molecule has 0 saturated heterocycles. The number of benzene rings is 2. The van der Waals surface area contributed by atoms with E-state index in [2.05, 4.69) is 16.4 Å². The van der Waals surface area contributed by atoms with Gasteiger partial charge in [-0.2, -0.15) is 0 Å². The largest absolute Gasteiger partial charge is 0.491 e. The number of carbonyl (C=O) groups is 1. The predicted molar refractivity (Wildman–Crippen MR) is 105 cm³/mol. The number of H-pyrrole nitrogens is 1. The van der Waals surface area contributed by atoms with Crippen molar-refractivity contribution >= 4 is 16.9 Å². The summed E-state index contributed by atoms with van der Waals surface area (Å²) in [6, 6.07) is 19.9. The minimum absolute atomic E-state index is 0.0952. The molecule has 0 atom stereocenters. The number of amides is 1. The number of fused-ring (bicyclic) bond motifs is 2. The zero-order valence-electron chi connectivity index (χ0n) is 14.5. The lowest BCUT2D eigenvalue weighted by Crippen LogP contribution is -2.24. The summed E-state index contributed by atoms with van der Waals surface area (Å²) in [4.78, 5) is 20.1. The summed E-state index contributed by atoms with van der Waals surface area (Å²) in [5.41, 5.74) is 5.44. The first-order valence-corrected chi connectivity index (χ1v) is 8.88. The fourth-order valence-corrected chi connectivity index (χ4v) is 3.43. The molecule has 5 heteroatoms. The van der Waals surface area contributed by atoms with Crippen LogP contribution in [0.1, 0.15) is 10.4 Å². The first-order chi connectivity index (χ1) is 13.3. The Morgan fingerprint density at radius 3 is 2.70 bits per heavy atom. The van der Waals surface area contributed by atoms with Crippen LogP contribution >= 0.6 is 0 Å². The third-order valence-electron chi connectivity index (χ3n) is 4.79. The van der Waals surface area contributed by atoms with Gasteiger partial charge in [-0.25, -0.2) is 4.98 Å². The van der Waals surface area contributed by atoms with Crippen LogP contribution in [0.4, 0.5) is 0 Å². The van der Waals surface area contributed by atoms with Gasteiger partial charge in [0.1, 0.15) is 18.0 Å². The third-order valence-corrected chi connectivity index (χ3v) is 4.79. The maximum Gasteiger partial charge on any atom is 0.255 e. The van der Waals surface area contributed by atoms with E-state index in [4.69, 9.17) is 9.72 Å². The second kappa shape index (κ2) is 6.29. The second-order valence-electron chi connectivity index (χ2n) is 6.48.